The molecule has 3 aromatic rings. The quantitative estimate of drug-likeness (QED) is 0.509. The molecule has 0 aliphatic heterocycles. The molecule has 2 heterocycles. The highest BCUT2D eigenvalue weighted by molar-refractivity contribution is 5.98. The van der Waals surface area contributed by atoms with Gasteiger partial charge in [0, 0.05) is 25.9 Å². The molecule has 0 spiro atoms. The third kappa shape index (κ3) is 4.32. The van der Waals surface area contributed by atoms with E-state index in [1.807, 2.05) is 18.2 Å². The van der Waals surface area contributed by atoms with Gasteiger partial charge in [0.2, 0.25) is 0 Å². The summed E-state index contributed by atoms with van der Waals surface area (Å²) in [5.74, 6) is 1.69. The van der Waals surface area contributed by atoms with Crippen LogP contribution in [0.2, 0.25) is 0 Å². The Morgan fingerprint density at radius 1 is 1.26 bits per heavy atom. The zero-order chi connectivity index (χ0) is 22.0. The smallest absolute Gasteiger partial charge is 0.273 e. The second-order valence-electron chi connectivity index (χ2n) is 7.25. The van der Waals surface area contributed by atoms with Gasteiger partial charge < -0.3 is 20.7 Å². The Hall–Kier alpha value is -3.95. The van der Waals surface area contributed by atoms with Crippen LogP contribution in [-0.2, 0) is 7.05 Å². The maximum Gasteiger partial charge on any atom is 0.273 e. The van der Waals surface area contributed by atoms with Crippen molar-refractivity contribution in [1.29, 1.82) is 0 Å². The largest absolute Gasteiger partial charge is 0.494 e. The van der Waals surface area contributed by atoms with E-state index in [1.54, 1.807) is 38.3 Å². The Bertz CT molecular complexity index is 1140. The van der Waals surface area contributed by atoms with E-state index in [2.05, 4.69) is 42.8 Å². The van der Waals surface area contributed by atoms with E-state index in [4.69, 9.17) is 4.74 Å². The lowest BCUT2D eigenvalue weighted by atomic mass is 10.1. The molecule has 0 bridgehead atoms. The molecule has 4 rings (SSSR count). The van der Waals surface area contributed by atoms with Crippen LogP contribution in [0.3, 0.4) is 0 Å². The molecule has 1 aliphatic rings. The Kier molecular flexibility index (Phi) is 5.52. The average molecular weight is 420 g/mol. The number of anilines is 3. The van der Waals surface area contributed by atoms with Gasteiger partial charge in [0.15, 0.2) is 23.1 Å². The van der Waals surface area contributed by atoms with Crippen LogP contribution in [0.1, 0.15) is 23.3 Å². The fourth-order valence-corrected chi connectivity index (χ4v) is 3.17. The minimum atomic E-state index is -0.357. The summed E-state index contributed by atoms with van der Waals surface area (Å²) in [5.41, 5.74) is 2.89. The summed E-state index contributed by atoms with van der Waals surface area (Å²) < 4.78 is 7.28. The lowest BCUT2D eigenvalue weighted by Gasteiger charge is -2.16. The van der Waals surface area contributed by atoms with Gasteiger partial charge >= 0.3 is 0 Å². The molecule has 1 aromatic carbocycles. The first-order valence-electron chi connectivity index (χ1n) is 9.85. The highest BCUT2D eigenvalue weighted by atomic mass is 16.5. The van der Waals surface area contributed by atoms with Gasteiger partial charge in [-0.1, -0.05) is 12.6 Å². The van der Waals surface area contributed by atoms with Crippen LogP contribution >= 0.6 is 0 Å². The number of amides is 1. The molecular formula is C21H24N8O2. The van der Waals surface area contributed by atoms with E-state index >= 15 is 0 Å². The molecule has 0 unspecified atom stereocenters. The zero-order valence-corrected chi connectivity index (χ0v) is 17.6. The van der Waals surface area contributed by atoms with E-state index in [0.717, 1.165) is 24.1 Å². The summed E-state index contributed by atoms with van der Waals surface area (Å²) in [4.78, 5) is 16.7. The van der Waals surface area contributed by atoms with Gasteiger partial charge in [-0.3, -0.25) is 9.48 Å². The van der Waals surface area contributed by atoms with Crippen LogP contribution in [0.4, 0.5) is 17.2 Å². The average Bonchev–Trinajstić information content (AvgIpc) is 3.54. The second-order valence-corrected chi connectivity index (χ2v) is 7.25. The number of ether oxygens (including phenoxy) is 1. The van der Waals surface area contributed by atoms with Crippen molar-refractivity contribution in [1.82, 2.24) is 30.3 Å². The number of aromatic nitrogens is 5. The fraction of sp³-hybridized carbons (Fsp3) is 0.286. The first-order valence-corrected chi connectivity index (χ1v) is 9.85. The number of benzene rings is 1. The molecule has 3 N–H and O–H groups in total. The van der Waals surface area contributed by atoms with Crippen LogP contribution < -0.4 is 20.7 Å². The van der Waals surface area contributed by atoms with Gasteiger partial charge in [0.1, 0.15) is 6.33 Å². The van der Waals surface area contributed by atoms with E-state index in [1.165, 1.54) is 0 Å². The van der Waals surface area contributed by atoms with Crippen molar-refractivity contribution in [3.63, 3.8) is 0 Å². The molecule has 1 fully saturated rings. The third-order valence-electron chi connectivity index (χ3n) is 4.92. The summed E-state index contributed by atoms with van der Waals surface area (Å²) in [6, 6.07) is 7.31. The molecule has 160 valence electrons. The number of allylic oxidation sites excluding steroid dienone is 1. The maximum absolute atomic E-state index is 12.4. The standard InChI is InChI=1S/C21H24N8O2/c1-12(13-8-9-13)24-17-10-16(18(27-26-17)21(30)22-2)25-15-7-5-6-14(19(15)31-4)20-23-11-29(3)28-20/h5-7,10-11,13H,1,8-9H2,2-4H3,(H,22,30)(H2,24,25,26). The minimum Gasteiger partial charge on any atom is -0.494 e. The van der Waals surface area contributed by atoms with Gasteiger partial charge in [0.05, 0.1) is 24.0 Å². The number of methoxy groups -OCH3 is 1. The molecule has 0 atom stereocenters. The van der Waals surface area contributed by atoms with Crippen LogP contribution in [0.15, 0.2) is 42.9 Å². The van der Waals surface area contributed by atoms with Crippen LogP contribution in [0.5, 0.6) is 5.75 Å². The highest BCUT2D eigenvalue weighted by Gasteiger charge is 2.25. The lowest BCUT2D eigenvalue weighted by Crippen LogP contribution is -2.21. The fourth-order valence-electron chi connectivity index (χ4n) is 3.17. The number of hydrogen-bond acceptors (Lipinski definition) is 8. The van der Waals surface area contributed by atoms with Crippen molar-refractivity contribution in [2.75, 3.05) is 24.8 Å². The zero-order valence-electron chi connectivity index (χ0n) is 17.6. The Labute approximate surface area is 179 Å². The summed E-state index contributed by atoms with van der Waals surface area (Å²) in [5, 5.41) is 21.7. The monoisotopic (exact) mass is 420 g/mol. The van der Waals surface area contributed by atoms with E-state index in [9.17, 15) is 4.79 Å². The molecule has 0 radical (unpaired) electrons. The SMILES string of the molecule is C=C(Nc1cc(Nc2cccc(-c3ncn(C)n3)c2OC)c(C(=O)NC)nn1)C1CC1. The molecule has 2 aromatic heterocycles. The molecule has 31 heavy (non-hydrogen) atoms. The predicted molar refractivity (Wildman–Crippen MR) is 117 cm³/mol. The van der Waals surface area contributed by atoms with Gasteiger partial charge in [-0.25, -0.2) is 4.98 Å². The molecule has 1 amide bonds. The van der Waals surface area contributed by atoms with Crippen molar-refractivity contribution in [2.24, 2.45) is 13.0 Å². The summed E-state index contributed by atoms with van der Waals surface area (Å²) >= 11 is 0. The number of hydrogen-bond donors (Lipinski definition) is 3. The van der Waals surface area contributed by atoms with Gasteiger partial charge in [-0.15, -0.1) is 10.2 Å². The first-order chi connectivity index (χ1) is 15.0. The highest BCUT2D eigenvalue weighted by Crippen LogP contribution is 2.38. The lowest BCUT2D eigenvalue weighted by molar-refractivity contribution is 0.0958. The molecular weight excluding hydrogens is 396 g/mol. The predicted octanol–water partition coefficient (Wildman–Crippen LogP) is 2.72. The van der Waals surface area contributed by atoms with E-state index in [-0.39, 0.29) is 11.6 Å². The summed E-state index contributed by atoms with van der Waals surface area (Å²) in [7, 11) is 4.92. The minimum absolute atomic E-state index is 0.161. The van der Waals surface area contributed by atoms with Crippen molar-refractivity contribution in [3.05, 3.63) is 48.6 Å². The van der Waals surface area contributed by atoms with Crippen LogP contribution in [-0.4, -0.2) is 45.0 Å². The van der Waals surface area contributed by atoms with Crippen LogP contribution in [0, 0.1) is 5.92 Å². The number of aryl methyl sites for hydroxylation is 1. The third-order valence-corrected chi connectivity index (χ3v) is 4.92. The first kappa shape index (κ1) is 20.3. The summed E-state index contributed by atoms with van der Waals surface area (Å²) in [6.07, 6.45) is 3.86. The number of carbonyl (C=O) groups excluding carboxylic acids is 1. The molecule has 1 aliphatic carbocycles. The van der Waals surface area contributed by atoms with E-state index in [0.29, 0.717) is 34.7 Å². The van der Waals surface area contributed by atoms with Gasteiger partial charge in [-0.2, -0.15) is 5.10 Å². The van der Waals surface area contributed by atoms with Crippen molar-refractivity contribution < 1.29 is 9.53 Å². The number of nitrogens with one attached hydrogen (secondary N) is 3. The number of carbonyl (C=O) groups is 1. The number of rotatable bonds is 8. The normalized spacial score (nSPS) is 12.9. The molecule has 1 saturated carbocycles. The molecule has 0 saturated heterocycles. The summed E-state index contributed by atoms with van der Waals surface area (Å²) in [6.45, 7) is 4.06. The number of para-hydroxylation sites is 1. The molecule has 10 nitrogen and oxygen atoms in total. The topological polar surface area (TPSA) is 119 Å². The van der Waals surface area contributed by atoms with Crippen molar-refractivity contribution in [2.45, 2.75) is 12.8 Å². The second kappa shape index (κ2) is 8.42. The number of nitrogens with zero attached hydrogens (tertiary/aromatic N) is 5. The van der Waals surface area contributed by atoms with Gasteiger partial charge in [0.25, 0.3) is 5.91 Å². The Morgan fingerprint density at radius 2 is 2.06 bits per heavy atom. The van der Waals surface area contributed by atoms with Crippen LogP contribution in [0.25, 0.3) is 11.4 Å². The Balaban J connectivity index is 1.71. The maximum atomic E-state index is 12.4. The van der Waals surface area contributed by atoms with Gasteiger partial charge in [-0.05, 0) is 30.9 Å². The van der Waals surface area contributed by atoms with Crippen molar-refractivity contribution >= 4 is 23.1 Å². The Morgan fingerprint density at radius 3 is 2.71 bits per heavy atom. The van der Waals surface area contributed by atoms with E-state index < -0.39 is 0 Å². The van der Waals surface area contributed by atoms with Crippen molar-refractivity contribution in [3.8, 4) is 17.1 Å². The molecule has 10 heteroatoms.